The minimum Gasteiger partial charge on any atom is -0.349 e. The molecule has 33 heavy (non-hydrogen) atoms. The molecule has 3 aromatic carbocycles. The summed E-state index contributed by atoms with van der Waals surface area (Å²) in [5, 5.41) is 3.02. The lowest BCUT2D eigenvalue weighted by atomic mass is 9.85. The Hall–Kier alpha value is -3.45. The fourth-order valence-electron chi connectivity index (χ4n) is 4.36. The van der Waals surface area contributed by atoms with Gasteiger partial charge in [0, 0.05) is 23.6 Å². The molecule has 2 amide bonds. The number of hydrogen-bond donors (Lipinski definition) is 1. The zero-order chi connectivity index (χ0) is 23.8. The Morgan fingerprint density at radius 2 is 1.39 bits per heavy atom. The number of hydrogen-bond acceptors (Lipinski definition) is 4. The second-order valence-corrected chi connectivity index (χ2v) is 10.3. The molecule has 4 rings (SSSR count). The molecule has 3 aromatic rings. The Bertz CT molecular complexity index is 1250. The van der Waals surface area contributed by atoms with Crippen LogP contribution in [0, 0.1) is 0 Å². The lowest BCUT2D eigenvalue weighted by Gasteiger charge is -2.26. The number of benzene rings is 3. The van der Waals surface area contributed by atoms with E-state index >= 15 is 0 Å². The van der Waals surface area contributed by atoms with E-state index in [4.69, 9.17) is 0 Å². The van der Waals surface area contributed by atoms with Crippen LogP contribution in [0.4, 0.5) is 0 Å². The van der Waals surface area contributed by atoms with Crippen molar-refractivity contribution in [3.63, 3.8) is 0 Å². The second kappa shape index (κ2) is 8.83. The molecule has 0 spiro atoms. The fraction of sp³-hybridized carbons (Fsp3) is 0.231. The summed E-state index contributed by atoms with van der Waals surface area (Å²) in [6.45, 7) is 5.21. The van der Waals surface area contributed by atoms with Crippen molar-refractivity contribution in [1.82, 2.24) is 9.62 Å². The normalized spacial score (nSPS) is 15.5. The van der Waals surface area contributed by atoms with Crippen LogP contribution in [0.25, 0.3) is 0 Å². The molecule has 0 bridgehead atoms. The Morgan fingerprint density at radius 3 is 1.91 bits per heavy atom. The van der Waals surface area contributed by atoms with E-state index in [1.54, 1.807) is 13.8 Å². The van der Waals surface area contributed by atoms with Gasteiger partial charge in [-0.15, -0.1) is 0 Å². The summed E-state index contributed by atoms with van der Waals surface area (Å²) in [7, 11) is -3.98. The van der Waals surface area contributed by atoms with Gasteiger partial charge in [-0.2, -0.15) is 0 Å². The van der Waals surface area contributed by atoms with Gasteiger partial charge in [-0.25, -0.2) is 12.7 Å². The smallest absolute Gasteiger partial charge is 0.269 e. The van der Waals surface area contributed by atoms with Crippen molar-refractivity contribution in [2.75, 3.05) is 0 Å². The van der Waals surface area contributed by atoms with E-state index in [9.17, 15) is 18.0 Å². The molecule has 1 unspecified atom stereocenters. The number of nitrogens with zero attached hydrogens (tertiary/aromatic N) is 1. The molecule has 0 saturated heterocycles. The molecule has 0 saturated carbocycles. The lowest BCUT2D eigenvalue weighted by molar-refractivity contribution is 0.0845. The second-order valence-electron chi connectivity index (χ2n) is 8.47. The number of rotatable bonds is 6. The Kier molecular flexibility index (Phi) is 6.08. The predicted octanol–water partition coefficient (Wildman–Crippen LogP) is 4.19. The minimum atomic E-state index is -3.98. The monoisotopic (exact) mass is 462 g/mol. The average Bonchev–Trinajstić information content (AvgIpc) is 3.00. The molecule has 0 fully saturated rings. The van der Waals surface area contributed by atoms with Gasteiger partial charge in [0.2, 0.25) is 0 Å². The third-order valence-corrected chi connectivity index (χ3v) is 7.86. The summed E-state index contributed by atoms with van der Waals surface area (Å²) in [6, 6.07) is 23.3. The van der Waals surface area contributed by atoms with Crippen molar-refractivity contribution >= 4 is 21.8 Å². The number of carbonyl (C=O) groups excluding carboxylic acids is 2. The Labute approximate surface area is 194 Å². The molecule has 0 radical (unpaired) electrons. The largest absolute Gasteiger partial charge is 0.349 e. The number of fused-ring (bicyclic) bond motifs is 1. The van der Waals surface area contributed by atoms with Gasteiger partial charge >= 0.3 is 0 Å². The van der Waals surface area contributed by atoms with Crippen molar-refractivity contribution in [2.45, 2.75) is 43.7 Å². The van der Waals surface area contributed by atoms with Crippen LogP contribution >= 0.6 is 0 Å². The van der Waals surface area contributed by atoms with Crippen molar-refractivity contribution in [3.8, 4) is 0 Å². The van der Waals surface area contributed by atoms with Crippen molar-refractivity contribution in [3.05, 3.63) is 101 Å². The standard InChI is InChI=1S/C26H26N2O4S/c1-17(2)28-26(30)22-15-14-21(16-23(22)33(28,31)32)25(29)27-18(3)24(19-10-6-4-7-11-19)20-12-8-5-9-13-20/h4-18,24H,1-3H3,(H,27,29). The Morgan fingerprint density at radius 1 is 0.848 bits per heavy atom. The predicted molar refractivity (Wildman–Crippen MR) is 127 cm³/mol. The van der Waals surface area contributed by atoms with Crippen LogP contribution in [0.15, 0.2) is 83.8 Å². The maximum absolute atomic E-state index is 13.1. The summed E-state index contributed by atoms with van der Waals surface area (Å²) in [5.74, 6) is -1.05. The molecule has 170 valence electrons. The van der Waals surface area contributed by atoms with Crippen molar-refractivity contribution in [1.29, 1.82) is 0 Å². The first-order valence-corrected chi connectivity index (χ1v) is 12.3. The topological polar surface area (TPSA) is 83.6 Å². The van der Waals surface area contributed by atoms with Crippen LogP contribution in [-0.4, -0.2) is 36.6 Å². The van der Waals surface area contributed by atoms with E-state index in [0.29, 0.717) is 0 Å². The summed E-state index contributed by atoms with van der Waals surface area (Å²) < 4.78 is 26.6. The summed E-state index contributed by atoms with van der Waals surface area (Å²) in [4.78, 5) is 25.6. The van der Waals surface area contributed by atoms with Gasteiger partial charge < -0.3 is 5.32 Å². The van der Waals surface area contributed by atoms with E-state index in [1.165, 1.54) is 18.2 Å². The molecule has 1 heterocycles. The minimum absolute atomic E-state index is 0.0903. The summed E-state index contributed by atoms with van der Waals surface area (Å²) in [6.07, 6.45) is 0. The molecule has 1 aliphatic rings. The van der Waals surface area contributed by atoms with Gasteiger partial charge in [0.05, 0.1) is 5.56 Å². The number of carbonyl (C=O) groups is 2. The van der Waals surface area contributed by atoms with Crippen molar-refractivity contribution in [2.24, 2.45) is 0 Å². The van der Waals surface area contributed by atoms with Gasteiger partial charge in [-0.1, -0.05) is 60.7 Å². The maximum Gasteiger partial charge on any atom is 0.269 e. The third kappa shape index (κ3) is 4.16. The van der Waals surface area contributed by atoms with Gasteiger partial charge in [-0.3, -0.25) is 9.59 Å². The number of sulfonamides is 1. The van der Waals surface area contributed by atoms with Crippen LogP contribution in [0.2, 0.25) is 0 Å². The quantitative estimate of drug-likeness (QED) is 0.595. The molecular formula is C26H26N2O4S. The number of amides is 2. The summed E-state index contributed by atoms with van der Waals surface area (Å²) >= 11 is 0. The highest BCUT2D eigenvalue weighted by molar-refractivity contribution is 7.90. The first kappa shape index (κ1) is 22.7. The molecule has 1 aliphatic heterocycles. The van der Waals surface area contributed by atoms with Crippen LogP contribution in [0.5, 0.6) is 0 Å². The van der Waals surface area contributed by atoms with E-state index in [0.717, 1.165) is 15.4 Å². The fourth-order valence-corrected chi connectivity index (χ4v) is 6.16. The zero-order valence-electron chi connectivity index (χ0n) is 18.7. The van der Waals surface area contributed by atoms with Gasteiger partial charge in [0.1, 0.15) is 4.90 Å². The van der Waals surface area contributed by atoms with Crippen LogP contribution in [0.3, 0.4) is 0 Å². The highest BCUT2D eigenvalue weighted by Crippen LogP contribution is 2.33. The average molecular weight is 463 g/mol. The summed E-state index contributed by atoms with van der Waals surface area (Å²) in [5.41, 5.74) is 2.42. The zero-order valence-corrected chi connectivity index (χ0v) is 19.5. The maximum atomic E-state index is 13.1. The van der Waals surface area contributed by atoms with Gasteiger partial charge in [0.25, 0.3) is 21.8 Å². The molecule has 6 nitrogen and oxygen atoms in total. The molecule has 0 aliphatic carbocycles. The van der Waals surface area contributed by atoms with Crippen LogP contribution < -0.4 is 5.32 Å². The highest BCUT2D eigenvalue weighted by atomic mass is 32.2. The lowest BCUT2D eigenvalue weighted by Crippen LogP contribution is -2.37. The van der Waals surface area contributed by atoms with Crippen LogP contribution in [-0.2, 0) is 10.0 Å². The number of nitrogens with one attached hydrogen (secondary N) is 1. The highest BCUT2D eigenvalue weighted by Gasteiger charge is 2.43. The van der Waals surface area contributed by atoms with E-state index in [2.05, 4.69) is 5.32 Å². The van der Waals surface area contributed by atoms with Gasteiger partial charge in [0.15, 0.2) is 0 Å². The first-order valence-electron chi connectivity index (χ1n) is 10.9. The van der Waals surface area contributed by atoms with E-state index < -0.39 is 27.9 Å². The third-order valence-electron chi connectivity index (χ3n) is 5.86. The Balaban J connectivity index is 1.64. The van der Waals surface area contributed by atoms with Crippen molar-refractivity contribution < 1.29 is 18.0 Å². The molecule has 1 atom stereocenters. The van der Waals surface area contributed by atoms with Crippen LogP contribution in [0.1, 0.15) is 58.5 Å². The molecule has 0 aromatic heterocycles. The molecule has 7 heteroatoms. The SMILES string of the molecule is CC(NC(=O)c1ccc2c(c1)S(=O)(=O)N(C(C)C)C2=O)C(c1ccccc1)c1ccccc1. The molecular weight excluding hydrogens is 436 g/mol. The van der Waals surface area contributed by atoms with E-state index in [-0.39, 0.29) is 28.0 Å². The van der Waals surface area contributed by atoms with E-state index in [1.807, 2.05) is 67.6 Å². The molecule has 1 N–H and O–H groups in total. The van der Waals surface area contributed by atoms with Gasteiger partial charge in [-0.05, 0) is 50.1 Å². The first-order chi connectivity index (χ1) is 15.7.